The molecule has 3 rings (SSSR count). The van der Waals surface area contributed by atoms with Gasteiger partial charge in [0.1, 0.15) is 5.82 Å². The van der Waals surface area contributed by atoms with Crippen molar-refractivity contribution in [2.75, 3.05) is 5.32 Å². The monoisotopic (exact) mass is 409 g/mol. The Kier molecular flexibility index (Phi) is 5.33. The Balaban J connectivity index is 1.96. The van der Waals surface area contributed by atoms with E-state index in [1.807, 2.05) is 20.8 Å². The molecule has 1 amide bonds. The molecule has 0 atom stereocenters. The van der Waals surface area contributed by atoms with Crippen molar-refractivity contribution in [2.45, 2.75) is 26.2 Å². The molecule has 1 aromatic heterocycles. The van der Waals surface area contributed by atoms with Crippen LogP contribution >= 0.6 is 0 Å². The summed E-state index contributed by atoms with van der Waals surface area (Å²) in [5, 5.41) is 29.0. The zero-order valence-electron chi connectivity index (χ0n) is 16.5. The minimum Gasteiger partial charge on any atom is -0.306 e. The number of benzene rings is 2. The third kappa shape index (κ3) is 4.32. The Morgan fingerprint density at radius 3 is 1.90 bits per heavy atom. The Morgan fingerprint density at radius 2 is 1.43 bits per heavy atom. The maximum absolute atomic E-state index is 12.7. The predicted molar refractivity (Wildman–Crippen MR) is 110 cm³/mol. The van der Waals surface area contributed by atoms with Gasteiger partial charge in [0.05, 0.1) is 21.2 Å². The van der Waals surface area contributed by atoms with Crippen molar-refractivity contribution in [1.29, 1.82) is 0 Å². The van der Waals surface area contributed by atoms with E-state index in [1.54, 1.807) is 18.2 Å². The third-order valence-corrected chi connectivity index (χ3v) is 4.36. The van der Waals surface area contributed by atoms with Crippen molar-refractivity contribution in [2.24, 2.45) is 0 Å². The van der Waals surface area contributed by atoms with Crippen LogP contribution in [0.15, 0.2) is 54.6 Å². The fourth-order valence-corrected chi connectivity index (χ4v) is 2.67. The van der Waals surface area contributed by atoms with Crippen molar-refractivity contribution in [1.82, 2.24) is 9.78 Å². The molecule has 0 bridgehead atoms. The maximum atomic E-state index is 12.7. The zero-order chi connectivity index (χ0) is 22.1. The van der Waals surface area contributed by atoms with Crippen LogP contribution in [0.3, 0.4) is 0 Å². The molecule has 1 heterocycles. The van der Waals surface area contributed by atoms with Crippen LogP contribution in [0.5, 0.6) is 0 Å². The Morgan fingerprint density at radius 1 is 0.933 bits per heavy atom. The Labute approximate surface area is 171 Å². The lowest BCUT2D eigenvalue weighted by Gasteiger charge is -2.14. The molecule has 3 aromatic rings. The summed E-state index contributed by atoms with van der Waals surface area (Å²) < 4.78 is 1.49. The number of amides is 1. The summed E-state index contributed by atoms with van der Waals surface area (Å²) >= 11 is 0. The van der Waals surface area contributed by atoms with Crippen LogP contribution in [0.25, 0.3) is 5.69 Å². The highest BCUT2D eigenvalue weighted by Crippen LogP contribution is 2.27. The molecule has 0 aliphatic carbocycles. The molecule has 0 unspecified atom stereocenters. The quantitative estimate of drug-likeness (QED) is 0.495. The van der Waals surface area contributed by atoms with Gasteiger partial charge < -0.3 is 5.32 Å². The van der Waals surface area contributed by atoms with E-state index in [0.717, 1.165) is 0 Å². The number of hydrogen-bond donors (Lipinski definition) is 1. The second kappa shape index (κ2) is 7.74. The number of nitrogens with zero attached hydrogens (tertiary/aromatic N) is 4. The summed E-state index contributed by atoms with van der Waals surface area (Å²) in [4.78, 5) is 33.3. The molecule has 0 aliphatic heterocycles. The number of nitro benzene ring substituents is 2. The lowest BCUT2D eigenvalue weighted by Crippen LogP contribution is -2.15. The molecule has 154 valence electrons. The van der Waals surface area contributed by atoms with E-state index in [2.05, 4.69) is 10.4 Å². The highest BCUT2D eigenvalue weighted by Gasteiger charge is 2.22. The number of carbonyl (C=O) groups excluding carboxylic acids is 1. The maximum Gasteiger partial charge on any atom is 0.269 e. The van der Waals surface area contributed by atoms with Crippen LogP contribution in [0, 0.1) is 20.2 Å². The normalized spacial score (nSPS) is 11.2. The van der Waals surface area contributed by atoms with Gasteiger partial charge in [-0.05, 0) is 24.3 Å². The summed E-state index contributed by atoms with van der Waals surface area (Å²) in [6.07, 6.45) is 0. The SMILES string of the molecule is CC(C)(C)c1cc(NC(=O)c2ccc([N+](=O)[O-])cc2)n(-c2ccc([N+](=O)[O-])cc2)n1. The molecule has 0 radical (unpaired) electrons. The van der Waals surface area contributed by atoms with Gasteiger partial charge in [-0.15, -0.1) is 0 Å². The summed E-state index contributed by atoms with van der Waals surface area (Å²) in [7, 11) is 0. The van der Waals surface area contributed by atoms with Crippen LogP contribution in [0.1, 0.15) is 36.8 Å². The van der Waals surface area contributed by atoms with E-state index in [9.17, 15) is 25.0 Å². The highest BCUT2D eigenvalue weighted by atomic mass is 16.6. The molecule has 0 aliphatic rings. The molecular formula is C20H19N5O5. The number of rotatable bonds is 5. The van der Waals surface area contributed by atoms with E-state index in [-0.39, 0.29) is 22.4 Å². The number of carbonyl (C=O) groups is 1. The second-order valence-electron chi connectivity index (χ2n) is 7.61. The fourth-order valence-electron chi connectivity index (χ4n) is 2.67. The molecule has 1 N–H and O–H groups in total. The predicted octanol–water partition coefficient (Wildman–Crippen LogP) is 4.24. The number of hydrogen-bond acceptors (Lipinski definition) is 6. The van der Waals surface area contributed by atoms with Crippen LogP contribution in [-0.4, -0.2) is 25.5 Å². The van der Waals surface area contributed by atoms with Gasteiger partial charge in [0.15, 0.2) is 0 Å². The van der Waals surface area contributed by atoms with Crippen LogP contribution in [0.2, 0.25) is 0 Å². The van der Waals surface area contributed by atoms with Gasteiger partial charge >= 0.3 is 0 Å². The molecule has 0 saturated carbocycles. The average Bonchev–Trinajstić information content (AvgIpc) is 3.12. The van der Waals surface area contributed by atoms with Crippen molar-refractivity contribution in [3.05, 3.63) is 86.1 Å². The fraction of sp³-hybridized carbons (Fsp3) is 0.200. The first kappa shape index (κ1) is 20.6. The minimum atomic E-state index is -0.541. The topological polar surface area (TPSA) is 133 Å². The first-order valence-electron chi connectivity index (χ1n) is 8.97. The van der Waals surface area contributed by atoms with E-state index >= 15 is 0 Å². The van der Waals surface area contributed by atoms with E-state index < -0.39 is 15.8 Å². The summed E-state index contributed by atoms with van der Waals surface area (Å²) in [5.41, 5.74) is 1.01. The molecule has 0 fully saturated rings. The van der Waals surface area contributed by atoms with E-state index in [1.165, 1.54) is 41.1 Å². The van der Waals surface area contributed by atoms with Crippen LogP contribution in [-0.2, 0) is 5.41 Å². The van der Waals surface area contributed by atoms with Gasteiger partial charge in [-0.1, -0.05) is 20.8 Å². The number of anilines is 1. The highest BCUT2D eigenvalue weighted by molar-refractivity contribution is 6.04. The summed E-state index contributed by atoms with van der Waals surface area (Å²) in [5.74, 6) is -0.0921. The first-order chi connectivity index (χ1) is 14.1. The van der Waals surface area contributed by atoms with Gasteiger partial charge in [0.25, 0.3) is 17.3 Å². The average molecular weight is 409 g/mol. The summed E-state index contributed by atoms with van der Waals surface area (Å²) in [6.45, 7) is 5.91. The van der Waals surface area contributed by atoms with Crippen molar-refractivity contribution < 1.29 is 14.6 Å². The molecule has 2 aromatic carbocycles. The smallest absolute Gasteiger partial charge is 0.269 e. The Hall–Kier alpha value is -4.08. The molecule has 10 nitrogen and oxygen atoms in total. The number of non-ortho nitro benzene ring substituents is 2. The van der Waals surface area contributed by atoms with Crippen molar-refractivity contribution >= 4 is 23.1 Å². The van der Waals surface area contributed by atoms with E-state index in [0.29, 0.717) is 17.2 Å². The molecule has 30 heavy (non-hydrogen) atoms. The van der Waals surface area contributed by atoms with Gasteiger partial charge in [0, 0.05) is 41.3 Å². The van der Waals surface area contributed by atoms with Crippen LogP contribution in [0.4, 0.5) is 17.2 Å². The van der Waals surface area contributed by atoms with Gasteiger partial charge in [0.2, 0.25) is 0 Å². The van der Waals surface area contributed by atoms with Crippen molar-refractivity contribution in [3.8, 4) is 5.69 Å². The van der Waals surface area contributed by atoms with E-state index in [4.69, 9.17) is 0 Å². The summed E-state index contributed by atoms with van der Waals surface area (Å²) in [6, 6.07) is 12.8. The largest absolute Gasteiger partial charge is 0.306 e. The lowest BCUT2D eigenvalue weighted by atomic mass is 9.92. The minimum absolute atomic E-state index is 0.0570. The van der Waals surface area contributed by atoms with Crippen LogP contribution < -0.4 is 5.32 Å². The molecular weight excluding hydrogens is 390 g/mol. The number of aromatic nitrogens is 2. The Bertz CT molecular complexity index is 1110. The van der Waals surface area contributed by atoms with Gasteiger partial charge in [-0.2, -0.15) is 5.10 Å². The molecule has 10 heteroatoms. The molecule has 0 saturated heterocycles. The zero-order valence-corrected chi connectivity index (χ0v) is 16.5. The lowest BCUT2D eigenvalue weighted by molar-refractivity contribution is -0.385. The van der Waals surface area contributed by atoms with Gasteiger partial charge in [-0.3, -0.25) is 25.0 Å². The standard InChI is InChI=1S/C20H19N5O5/c1-20(2,3)17-12-18(21-19(26)13-4-6-15(7-5-13)24(27)28)23(22-17)14-8-10-16(11-9-14)25(29)30/h4-12H,1-3H3,(H,21,26). The third-order valence-electron chi connectivity index (χ3n) is 4.36. The molecule has 0 spiro atoms. The van der Waals surface area contributed by atoms with Gasteiger partial charge in [-0.25, -0.2) is 4.68 Å². The first-order valence-corrected chi connectivity index (χ1v) is 8.97. The number of nitro groups is 2. The number of nitrogens with one attached hydrogen (secondary N) is 1. The second-order valence-corrected chi connectivity index (χ2v) is 7.61. The van der Waals surface area contributed by atoms with Crippen molar-refractivity contribution in [3.63, 3.8) is 0 Å².